The zero-order valence-electron chi connectivity index (χ0n) is 17.4. The number of rotatable bonds is 8. The van der Waals surface area contributed by atoms with Crippen LogP contribution < -0.4 is 16.0 Å². The fraction of sp³-hybridized carbons (Fsp3) is 0.318. The molecule has 4 N–H and O–H groups in total. The molecule has 2 aromatic rings. The fourth-order valence-corrected chi connectivity index (χ4v) is 4.57. The Morgan fingerprint density at radius 3 is 2.66 bits per heavy atom. The Morgan fingerprint density at radius 2 is 2.12 bits per heavy atom. The summed E-state index contributed by atoms with van der Waals surface area (Å²) in [5.41, 5.74) is 7.47. The number of hydrogen-bond acceptors (Lipinski definition) is 7. The molecule has 164 valence electrons. The lowest BCUT2D eigenvalue weighted by molar-refractivity contribution is -0.124. The number of hydrogen-bond donors (Lipinski definition) is 3. The summed E-state index contributed by atoms with van der Waals surface area (Å²) in [5.74, 6) is -0.619. The number of aliphatic hydroxyl groups is 1. The third-order valence-corrected chi connectivity index (χ3v) is 6.34. The first-order valence-electron chi connectivity index (χ1n) is 9.93. The average molecular weight is 451 g/mol. The maximum atomic E-state index is 12.2. The third kappa shape index (κ3) is 4.67. The molecule has 2 amide bonds. The minimum atomic E-state index is -0.750. The number of carbonyl (C=O) groups excluding carboxylic acids is 2. The van der Waals surface area contributed by atoms with Crippen LogP contribution in [0.3, 0.4) is 0 Å². The van der Waals surface area contributed by atoms with Gasteiger partial charge in [-0.2, -0.15) is 5.26 Å². The van der Waals surface area contributed by atoms with E-state index in [4.69, 9.17) is 17.4 Å². The lowest BCUT2D eigenvalue weighted by Crippen LogP contribution is -2.60. The molecular weight excluding hydrogens is 428 g/mol. The molecule has 2 heterocycles. The smallest absolute Gasteiger partial charge is 0.246 e. The zero-order chi connectivity index (χ0) is 23.3. The van der Waals surface area contributed by atoms with Crippen LogP contribution in [0.4, 0.5) is 11.5 Å². The summed E-state index contributed by atoms with van der Waals surface area (Å²) in [4.78, 5) is 33.7. The minimum Gasteiger partial charge on any atom is -0.387 e. The molecule has 1 aliphatic rings. The van der Waals surface area contributed by atoms with Crippen LogP contribution in [0.25, 0.3) is 4.85 Å². The molecule has 0 bridgehead atoms. The molecule has 1 aromatic heterocycles. The molecule has 10 heteroatoms. The second kappa shape index (κ2) is 10.1. The molecule has 9 nitrogen and oxygen atoms in total. The highest BCUT2D eigenvalue weighted by Crippen LogP contribution is 2.43. The number of nitrogens with two attached hydrogens (primary N) is 1. The first-order chi connectivity index (χ1) is 15.4. The number of aromatic nitrogens is 1. The predicted molar refractivity (Wildman–Crippen MR) is 120 cm³/mol. The minimum absolute atomic E-state index is 0.172. The van der Waals surface area contributed by atoms with Gasteiger partial charge in [0.25, 0.3) is 0 Å². The van der Waals surface area contributed by atoms with Crippen molar-refractivity contribution in [1.82, 2.24) is 10.3 Å². The predicted octanol–water partition coefficient (Wildman–Crippen LogP) is 1.68. The van der Waals surface area contributed by atoms with Gasteiger partial charge in [0.05, 0.1) is 18.2 Å². The molecule has 1 aliphatic heterocycles. The van der Waals surface area contributed by atoms with E-state index in [1.807, 2.05) is 17.9 Å². The summed E-state index contributed by atoms with van der Waals surface area (Å²) in [6, 6.07) is 11.0. The molecule has 0 spiro atoms. The Balaban J connectivity index is 2.00. The van der Waals surface area contributed by atoms with Gasteiger partial charge in [0.2, 0.25) is 17.5 Å². The molecule has 0 aliphatic carbocycles. The van der Waals surface area contributed by atoms with Crippen LogP contribution in [-0.4, -0.2) is 47.6 Å². The summed E-state index contributed by atoms with van der Waals surface area (Å²) < 4.78 is 0. The third-order valence-electron chi connectivity index (χ3n) is 5.08. The van der Waals surface area contributed by atoms with E-state index in [1.165, 1.54) is 0 Å². The summed E-state index contributed by atoms with van der Waals surface area (Å²) in [5, 5.41) is 21.0. The Hall–Kier alpha value is -3.60. The summed E-state index contributed by atoms with van der Waals surface area (Å²) in [6.45, 7) is 9.76. The Bertz CT molecular complexity index is 1100. The molecule has 0 saturated carbocycles. The van der Waals surface area contributed by atoms with Crippen molar-refractivity contribution in [3.05, 3.63) is 58.4 Å². The summed E-state index contributed by atoms with van der Waals surface area (Å²) >= 11 is 1.09. The first-order valence-corrected chi connectivity index (χ1v) is 10.8. The molecule has 1 unspecified atom stereocenters. The van der Waals surface area contributed by atoms with E-state index in [0.717, 1.165) is 11.8 Å². The van der Waals surface area contributed by atoms with Gasteiger partial charge in [-0.1, -0.05) is 49.0 Å². The first kappa shape index (κ1) is 23.1. The number of carbonyl (C=O) groups is 2. The normalized spacial score (nSPS) is 14.1. The van der Waals surface area contributed by atoms with Crippen LogP contribution in [-0.2, 0) is 16.0 Å². The SMILES string of the molecule is [C-]#[N+]c1c(N2CC(NC(=O)CO)C2)nc(SC(C(N)=O)c2ccccc2)c(C#N)c1CC. The molecule has 1 aromatic carbocycles. The standard InChI is InChI=1S/C22H22N6O3S/c1-3-15-16(9-23)22(32-19(20(24)31)13-7-5-4-6-8-13)27-21(18(15)25-2)28-10-14(11-28)26-17(30)12-29/h4-8,14,19,29H,3,10-12H2,1H3,(H2,24,31)(H,26,30). The largest absolute Gasteiger partial charge is 0.387 e. The molecule has 1 saturated heterocycles. The van der Waals surface area contributed by atoms with Crippen molar-refractivity contribution in [3.63, 3.8) is 0 Å². The lowest BCUT2D eigenvalue weighted by atomic mass is 10.0. The highest BCUT2D eigenvalue weighted by molar-refractivity contribution is 8.00. The van der Waals surface area contributed by atoms with Crippen LogP contribution in [0.15, 0.2) is 35.4 Å². The maximum Gasteiger partial charge on any atom is 0.246 e. The van der Waals surface area contributed by atoms with E-state index in [-0.39, 0.29) is 17.3 Å². The Kier molecular flexibility index (Phi) is 7.31. The van der Waals surface area contributed by atoms with E-state index < -0.39 is 23.7 Å². The second-order valence-corrected chi connectivity index (χ2v) is 8.25. The van der Waals surface area contributed by atoms with Gasteiger partial charge in [-0.25, -0.2) is 9.83 Å². The molecule has 3 rings (SSSR count). The number of nitrogens with zero attached hydrogens (tertiary/aromatic N) is 4. The average Bonchev–Trinajstić information content (AvgIpc) is 2.78. The second-order valence-electron chi connectivity index (χ2n) is 7.16. The van der Waals surface area contributed by atoms with E-state index in [0.29, 0.717) is 41.5 Å². The van der Waals surface area contributed by atoms with Gasteiger partial charge in [-0.05, 0) is 17.5 Å². The van der Waals surface area contributed by atoms with Crippen molar-refractivity contribution < 1.29 is 14.7 Å². The van der Waals surface area contributed by atoms with Crippen molar-refractivity contribution >= 4 is 35.1 Å². The number of aliphatic hydroxyl groups excluding tert-OH is 1. The van der Waals surface area contributed by atoms with Crippen molar-refractivity contribution in [1.29, 1.82) is 5.26 Å². The zero-order valence-corrected chi connectivity index (χ0v) is 18.2. The molecule has 1 atom stereocenters. The van der Waals surface area contributed by atoms with Crippen LogP contribution in [0.5, 0.6) is 0 Å². The van der Waals surface area contributed by atoms with Crippen molar-refractivity contribution in [2.75, 3.05) is 24.6 Å². The molecule has 32 heavy (non-hydrogen) atoms. The van der Waals surface area contributed by atoms with Crippen LogP contribution in [0.1, 0.15) is 28.9 Å². The number of primary amides is 1. The van der Waals surface area contributed by atoms with E-state index >= 15 is 0 Å². The van der Waals surface area contributed by atoms with Crippen molar-refractivity contribution in [2.24, 2.45) is 5.73 Å². The number of nitrogens with one attached hydrogen (secondary N) is 1. The maximum absolute atomic E-state index is 12.2. The van der Waals surface area contributed by atoms with E-state index in [2.05, 4.69) is 21.2 Å². The van der Waals surface area contributed by atoms with Gasteiger partial charge in [-0.15, -0.1) is 0 Å². The topological polar surface area (TPSA) is 137 Å². The number of amides is 2. The van der Waals surface area contributed by atoms with Gasteiger partial charge >= 0.3 is 0 Å². The summed E-state index contributed by atoms with van der Waals surface area (Å²) in [7, 11) is 0. The van der Waals surface area contributed by atoms with Crippen LogP contribution in [0, 0.1) is 17.9 Å². The van der Waals surface area contributed by atoms with Gasteiger partial charge in [-0.3, -0.25) is 9.59 Å². The monoisotopic (exact) mass is 450 g/mol. The van der Waals surface area contributed by atoms with E-state index in [9.17, 15) is 14.9 Å². The molecule has 0 radical (unpaired) electrons. The number of benzene rings is 1. The summed E-state index contributed by atoms with van der Waals surface area (Å²) in [6.07, 6.45) is 0.439. The number of anilines is 1. The highest BCUT2D eigenvalue weighted by Gasteiger charge is 2.33. The number of pyridine rings is 1. The quantitative estimate of drug-likeness (QED) is 0.411. The molecular formula is C22H22N6O3S. The van der Waals surface area contributed by atoms with Crippen molar-refractivity contribution in [2.45, 2.75) is 29.7 Å². The van der Waals surface area contributed by atoms with Gasteiger partial charge in [0.15, 0.2) is 0 Å². The Labute approximate surface area is 190 Å². The lowest BCUT2D eigenvalue weighted by Gasteiger charge is -2.41. The number of thioether (sulfide) groups is 1. The fourth-order valence-electron chi connectivity index (χ4n) is 3.52. The van der Waals surface area contributed by atoms with Crippen LogP contribution in [0.2, 0.25) is 0 Å². The van der Waals surface area contributed by atoms with Crippen molar-refractivity contribution in [3.8, 4) is 6.07 Å². The van der Waals surface area contributed by atoms with E-state index in [1.54, 1.807) is 24.3 Å². The van der Waals surface area contributed by atoms with Crippen LogP contribution >= 0.6 is 11.8 Å². The highest BCUT2D eigenvalue weighted by atomic mass is 32.2. The van der Waals surface area contributed by atoms with Gasteiger partial charge in [0.1, 0.15) is 28.8 Å². The Morgan fingerprint density at radius 1 is 1.44 bits per heavy atom. The van der Waals surface area contributed by atoms with Gasteiger partial charge < -0.3 is 21.1 Å². The van der Waals surface area contributed by atoms with Gasteiger partial charge in [0, 0.05) is 13.1 Å². The number of nitriles is 1. The molecule has 1 fully saturated rings.